The van der Waals surface area contributed by atoms with E-state index in [1.54, 1.807) is 17.0 Å². The van der Waals surface area contributed by atoms with Crippen LogP contribution in [0.2, 0.25) is 0 Å². The zero-order valence-electron chi connectivity index (χ0n) is 16.7. The number of hydrogen-bond donors (Lipinski definition) is 1. The molecule has 0 saturated heterocycles. The van der Waals surface area contributed by atoms with Gasteiger partial charge in [-0.05, 0) is 17.7 Å². The fraction of sp³-hybridized carbons (Fsp3) is 0.238. The summed E-state index contributed by atoms with van der Waals surface area (Å²) in [5, 5.41) is 18.4. The Kier molecular flexibility index (Phi) is 5.86. The number of ether oxygens (including phenoxy) is 2. The van der Waals surface area contributed by atoms with Crippen molar-refractivity contribution in [1.82, 2.24) is 15.1 Å². The number of H-pyrrole nitrogens is 1. The van der Waals surface area contributed by atoms with Gasteiger partial charge < -0.3 is 14.4 Å². The van der Waals surface area contributed by atoms with Crippen LogP contribution in [-0.4, -0.2) is 53.0 Å². The predicted molar refractivity (Wildman–Crippen MR) is 116 cm³/mol. The fourth-order valence-corrected chi connectivity index (χ4v) is 4.03. The molecule has 2 aromatic carbocycles. The second kappa shape index (κ2) is 8.58. The quantitative estimate of drug-likeness (QED) is 0.307. The summed E-state index contributed by atoms with van der Waals surface area (Å²) in [6.07, 6.45) is -0.611. The molecule has 160 valence electrons. The molecule has 9 nitrogen and oxygen atoms in total. The molecule has 2 heterocycles. The van der Waals surface area contributed by atoms with Gasteiger partial charge in [-0.15, -0.1) is 0 Å². The number of aromatic amines is 1. The number of rotatable bonds is 7. The highest BCUT2D eigenvalue weighted by Gasteiger charge is 2.43. The monoisotopic (exact) mass is 486 g/mol. The van der Waals surface area contributed by atoms with Crippen LogP contribution in [0.15, 0.2) is 53.0 Å². The number of benzene rings is 2. The Hall–Kier alpha value is -3.08. The standard InChI is InChI=1S/C21H19BrN4O5/c1-30-16(31-2)11-25-20(12-6-8-14(22)9-7-12)17-18(23-24-19(17)21(25)27)13-4-3-5-15(10-13)26(28)29/h3-10,16,20H,11H2,1-2H3,(H,23,24). The normalized spacial score (nSPS) is 15.5. The second-order valence-electron chi connectivity index (χ2n) is 6.98. The molecule has 0 spiro atoms. The van der Waals surface area contributed by atoms with Gasteiger partial charge in [0.1, 0.15) is 5.69 Å². The van der Waals surface area contributed by atoms with Crippen molar-refractivity contribution in [1.29, 1.82) is 0 Å². The molecule has 1 aromatic heterocycles. The van der Waals surface area contributed by atoms with Crippen LogP contribution in [-0.2, 0) is 9.47 Å². The summed E-state index contributed by atoms with van der Waals surface area (Å²) in [6, 6.07) is 13.4. The van der Waals surface area contributed by atoms with Crippen LogP contribution in [0.1, 0.15) is 27.7 Å². The first-order valence-corrected chi connectivity index (χ1v) is 10.2. The molecule has 1 unspecified atom stereocenters. The minimum absolute atomic E-state index is 0.0468. The molecule has 0 saturated carbocycles. The summed E-state index contributed by atoms with van der Waals surface area (Å²) in [6.45, 7) is 0.198. The number of carbonyl (C=O) groups is 1. The number of nitrogens with one attached hydrogen (secondary N) is 1. The van der Waals surface area contributed by atoms with Crippen molar-refractivity contribution < 1.29 is 19.2 Å². The number of hydrogen-bond acceptors (Lipinski definition) is 6. The molecule has 1 N–H and O–H groups in total. The van der Waals surface area contributed by atoms with Gasteiger partial charge in [0.15, 0.2) is 6.29 Å². The molecule has 0 fully saturated rings. The number of halogens is 1. The van der Waals surface area contributed by atoms with Crippen LogP contribution in [0, 0.1) is 10.1 Å². The molecule has 1 amide bonds. The summed E-state index contributed by atoms with van der Waals surface area (Å²) in [7, 11) is 3.03. The van der Waals surface area contributed by atoms with Gasteiger partial charge in [0.2, 0.25) is 0 Å². The van der Waals surface area contributed by atoms with Gasteiger partial charge in [0, 0.05) is 42.0 Å². The van der Waals surface area contributed by atoms with E-state index >= 15 is 0 Å². The number of amides is 1. The Morgan fingerprint density at radius 2 is 1.94 bits per heavy atom. The molecule has 1 atom stereocenters. The van der Waals surface area contributed by atoms with Crippen molar-refractivity contribution in [2.45, 2.75) is 12.3 Å². The smallest absolute Gasteiger partial charge is 0.273 e. The van der Waals surface area contributed by atoms with Crippen molar-refractivity contribution in [3.63, 3.8) is 0 Å². The lowest BCUT2D eigenvalue weighted by atomic mass is 9.96. The number of nitro benzene ring substituents is 1. The minimum atomic E-state index is -0.611. The van der Waals surface area contributed by atoms with E-state index in [0.717, 1.165) is 10.0 Å². The Labute approximate surface area is 186 Å². The van der Waals surface area contributed by atoms with E-state index in [1.807, 2.05) is 24.3 Å². The molecule has 0 aliphatic carbocycles. The third kappa shape index (κ3) is 3.85. The Bertz CT molecular complexity index is 1130. The molecule has 1 aliphatic rings. The van der Waals surface area contributed by atoms with E-state index in [2.05, 4.69) is 26.1 Å². The highest BCUT2D eigenvalue weighted by Crippen LogP contribution is 2.43. The van der Waals surface area contributed by atoms with Gasteiger partial charge in [-0.2, -0.15) is 5.10 Å². The number of fused-ring (bicyclic) bond motifs is 1. The van der Waals surface area contributed by atoms with Gasteiger partial charge in [-0.1, -0.05) is 40.2 Å². The maximum absolute atomic E-state index is 13.3. The van der Waals surface area contributed by atoms with Gasteiger partial charge in [0.05, 0.1) is 23.2 Å². The van der Waals surface area contributed by atoms with E-state index in [-0.39, 0.29) is 18.1 Å². The van der Waals surface area contributed by atoms with Crippen molar-refractivity contribution in [3.05, 3.63) is 79.9 Å². The number of aromatic nitrogens is 2. The van der Waals surface area contributed by atoms with Crippen molar-refractivity contribution >= 4 is 27.5 Å². The summed E-state index contributed by atoms with van der Waals surface area (Å²) in [5.41, 5.74) is 2.88. The van der Waals surface area contributed by atoms with E-state index in [0.29, 0.717) is 22.5 Å². The average molecular weight is 487 g/mol. The van der Waals surface area contributed by atoms with Gasteiger partial charge in [0.25, 0.3) is 11.6 Å². The molecular weight excluding hydrogens is 468 g/mol. The lowest BCUT2D eigenvalue weighted by Gasteiger charge is -2.29. The van der Waals surface area contributed by atoms with E-state index < -0.39 is 17.3 Å². The first-order valence-electron chi connectivity index (χ1n) is 9.39. The summed E-state index contributed by atoms with van der Waals surface area (Å²) < 4.78 is 11.5. The molecule has 1 aliphatic heterocycles. The predicted octanol–water partition coefficient (Wildman–Crippen LogP) is 3.91. The zero-order valence-corrected chi connectivity index (χ0v) is 18.3. The van der Waals surface area contributed by atoms with Crippen LogP contribution in [0.4, 0.5) is 5.69 Å². The first kappa shape index (κ1) is 21.2. The van der Waals surface area contributed by atoms with E-state index in [9.17, 15) is 14.9 Å². The van der Waals surface area contributed by atoms with Crippen molar-refractivity contribution in [2.24, 2.45) is 0 Å². The Morgan fingerprint density at radius 3 is 2.58 bits per heavy atom. The maximum atomic E-state index is 13.3. The van der Waals surface area contributed by atoms with Crippen molar-refractivity contribution in [3.8, 4) is 11.3 Å². The molecule has 4 rings (SSSR count). The SMILES string of the molecule is COC(CN1C(=O)c2[nH]nc(-c3cccc([N+](=O)[O-])c3)c2C1c1ccc(Br)cc1)OC. The van der Waals surface area contributed by atoms with Gasteiger partial charge in [-0.3, -0.25) is 20.0 Å². The second-order valence-corrected chi connectivity index (χ2v) is 7.90. The summed E-state index contributed by atoms with van der Waals surface area (Å²) in [4.78, 5) is 25.7. The lowest BCUT2D eigenvalue weighted by molar-refractivity contribution is -0.384. The molecule has 0 bridgehead atoms. The zero-order chi connectivity index (χ0) is 22.1. The third-order valence-electron chi connectivity index (χ3n) is 5.25. The Morgan fingerprint density at radius 1 is 1.23 bits per heavy atom. The largest absolute Gasteiger partial charge is 0.354 e. The molecule has 10 heteroatoms. The van der Waals surface area contributed by atoms with Crippen LogP contribution >= 0.6 is 15.9 Å². The van der Waals surface area contributed by atoms with E-state index in [1.165, 1.54) is 26.4 Å². The van der Waals surface area contributed by atoms with Gasteiger partial charge in [-0.25, -0.2) is 0 Å². The van der Waals surface area contributed by atoms with E-state index in [4.69, 9.17) is 9.47 Å². The number of methoxy groups -OCH3 is 2. The maximum Gasteiger partial charge on any atom is 0.273 e. The minimum Gasteiger partial charge on any atom is -0.354 e. The third-order valence-corrected chi connectivity index (χ3v) is 5.78. The van der Waals surface area contributed by atoms with Crippen LogP contribution < -0.4 is 0 Å². The van der Waals surface area contributed by atoms with Gasteiger partial charge >= 0.3 is 0 Å². The highest BCUT2D eigenvalue weighted by atomic mass is 79.9. The summed E-state index contributed by atoms with van der Waals surface area (Å²) >= 11 is 3.44. The molecule has 31 heavy (non-hydrogen) atoms. The van der Waals surface area contributed by atoms with Crippen LogP contribution in [0.5, 0.6) is 0 Å². The topological polar surface area (TPSA) is 111 Å². The summed E-state index contributed by atoms with van der Waals surface area (Å²) in [5.74, 6) is -0.244. The molecule has 3 aromatic rings. The number of carbonyl (C=O) groups excluding carboxylic acids is 1. The highest BCUT2D eigenvalue weighted by molar-refractivity contribution is 9.10. The lowest BCUT2D eigenvalue weighted by Crippen LogP contribution is -2.38. The van der Waals surface area contributed by atoms with Crippen LogP contribution in [0.25, 0.3) is 11.3 Å². The molecular formula is C21H19BrN4O5. The molecule has 0 radical (unpaired) electrons. The fourth-order valence-electron chi connectivity index (χ4n) is 3.77. The number of nitrogens with zero attached hydrogens (tertiary/aromatic N) is 3. The van der Waals surface area contributed by atoms with Crippen molar-refractivity contribution in [2.75, 3.05) is 20.8 Å². The average Bonchev–Trinajstić information content (AvgIpc) is 3.32. The first-order chi connectivity index (χ1) is 14.9. The number of nitro groups is 1. The number of non-ortho nitro benzene ring substituents is 1. The Balaban J connectivity index is 1.85. The van der Waals surface area contributed by atoms with Crippen LogP contribution in [0.3, 0.4) is 0 Å².